The Morgan fingerprint density at radius 2 is 1.75 bits per heavy atom. The molecule has 1 aliphatic carbocycles. The van der Waals surface area contributed by atoms with Crippen LogP contribution in [0.25, 0.3) is 33.4 Å². The lowest BCUT2D eigenvalue weighted by atomic mass is 9.88. The molecule has 4 nitrogen and oxygen atoms in total. The number of hydrogen-bond donors (Lipinski definition) is 1. The van der Waals surface area contributed by atoms with Crippen LogP contribution in [0.3, 0.4) is 0 Å². The van der Waals surface area contributed by atoms with Gasteiger partial charge in [-0.3, -0.25) is 9.79 Å². The van der Waals surface area contributed by atoms with Crippen LogP contribution < -0.4 is 10.7 Å². The maximum Gasteiger partial charge on any atom is 0.163 e. The first kappa shape index (κ1) is 21.8. The van der Waals surface area contributed by atoms with Crippen LogP contribution in [0.1, 0.15) is 48.7 Å². The van der Waals surface area contributed by atoms with E-state index in [1.54, 1.807) is 0 Å². The second-order valence-electron chi connectivity index (χ2n) is 8.10. The van der Waals surface area contributed by atoms with Crippen LogP contribution in [0.2, 0.25) is 0 Å². The molecule has 4 rings (SSSR count). The zero-order valence-electron chi connectivity index (χ0n) is 19.5. The van der Waals surface area contributed by atoms with Gasteiger partial charge in [-0.15, -0.1) is 0 Å². The van der Waals surface area contributed by atoms with Crippen molar-refractivity contribution in [1.29, 1.82) is 0 Å². The van der Waals surface area contributed by atoms with E-state index in [0.29, 0.717) is 13.0 Å². The molecule has 2 aromatic rings. The fourth-order valence-electron chi connectivity index (χ4n) is 4.34. The number of ketones is 1. The molecule has 1 N–H and O–H groups in total. The van der Waals surface area contributed by atoms with E-state index in [9.17, 15) is 4.79 Å². The highest BCUT2D eigenvalue weighted by atomic mass is 16.3. The predicted molar refractivity (Wildman–Crippen MR) is 133 cm³/mol. The molecule has 2 aliphatic rings. The van der Waals surface area contributed by atoms with Gasteiger partial charge in [0.15, 0.2) is 5.78 Å². The summed E-state index contributed by atoms with van der Waals surface area (Å²) in [6.45, 7) is 11.7. The molecule has 32 heavy (non-hydrogen) atoms. The van der Waals surface area contributed by atoms with Gasteiger partial charge in [0.25, 0.3) is 0 Å². The molecule has 1 aliphatic heterocycles. The van der Waals surface area contributed by atoms with Gasteiger partial charge in [0, 0.05) is 59.4 Å². The molecule has 0 bridgehead atoms. The van der Waals surface area contributed by atoms with Gasteiger partial charge in [0.1, 0.15) is 11.3 Å². The Hall–Kier alpha value is -3.40. The van der Waals surface area contributed by atoms with Crippen LogP contribution in [0, 0.1) is 13.8 Å². The van der Waals surface area contributed by atoms with E-state index >= 15 is 0 Å². The van der Waals surface area contributed by atoms with Crippen molar-refractivity contribution in [3.8, 4) is 22.5 Å². The smallest absolute Gasteiger partial charge is 0.163 e. The number of benzene rings is 3. The summed E-state index contributed by atoms with van der Waals surface area (Å²) in [5.74, 6) is 0.911. The summed E-state index contributed by atoms with van der Waals surface area (Å²) in [5.41, 5.74) is 7.81. The average Bonchev–Trinajstić information content (AvgIpc) is 2.79. The van der Waals surface area contributed by atoms with E-state index in [1.165, 1.54) is 0 Å². The van der Waals surface area contributed by atoms with Crippen molar-refractivity contribution in [1.82, 2.24) is 0 Å². The van der Waals surface area contributed by atoms with Gasteiger partial charge in [0.05, 0.1) is 5.36 Å². The quantitative estimate of drug-likeness (QED) is 0.273. The van der Waals surface area contributed by atoms with Crippen LogP contribution in [-0.4, -0.2) is 18.9 Å². The van der Waals surface area contributed by atoms with Gasteiger partial charge >= 0.3 is 0 Å². The van der Waals surface area contributed by atoms with E-state index in [0.717, 1.165) is 67.7 Å². The highest BCUT2D eigenvalue weighted by Gasteiger charge is 2.22. The molecule has 164 valence electrons. The Labute approximate surface area is 189 Å². The Balaban J connectivity index is 2.18. The minimum atomic E-state index is 0.137. The van der Waals surface area contributed by atoms with Crippen molar-refractivity contribution < 1.29 is 9.21 Å². The van der Waals surface area contributed by atoms with Crippen LogP contribution in [0.15, 0.2) is 57.9 Å². The second kappa shape index (κ2) is 8.99. The fraction of sp³-hybridized carbons (Fsp3) is 0.286. The van der Waals surface area contributed by atoms with E-state index in [1.807, 2.05) is 44.2 Å². The normalized spacial score (nSPS) is 12.0. The number of anilines is 1. The van der Waals surface area contributed by atoms with E-state index in [2.05, 4.69) is 49.3 Å². The van der Waals surface area contributed by atoms with Crippen molar-refractivity contribution in [3.63, 3.8) is 0 Å². The van der Waals surface area contributed by atoms with Crippen molar-refractivity contribution in [2.75, 3.05) is 18.4 Å². The molecule has 0 fully saturated rings. The molecule has 0 radical (unpaired) electrons. The van der Waals surface area contributed by atoms with Gasteiger partial charge in [-0.2, -0.15) is 0 Å². The first-order valence-corrected chi connectivity index (χ1v) is 11.4. The standard InChI is InChI=1S/C28H30N2O2/c1-6-25(31)19-11-9-10-12-20(19)28-21-13-17(4)23(29-7-2)15-26(21)32-27-16-24(30-8-3)18(5)14-22(27)28/h9-16,29H,6-8H2,1-5H3. The molecule has 0 saturated carbocycles. The molecule has 0 amide bonds. The number of hydrogen-bond acceptors (Lipinski definition) is 4. The molecular weight excluding hydrogens is 396 g/mol. The zero-order chi connectivity index (χ0) is 22.8. The molecular formula is C28H30N2O2. The van der Waals surface area contributed by atoms with E-state index < -0.39 is 0 Å². The fourth-order valence-corrected chi connectivity index (χ4v) is 4.34. The van der Waals surface area contributed by atoms with Gasteiger partial charge in [-0.05, 0) is 56.5 Å². The number of rotatable bonds is 6. The van der Waals surface area contributed by atoms with Crippen molar-refractivity contribution >= 4 is 22.4 Å². The monoisotopic (exact) mass is 426 g/mol. The third kappa shape index (κ3) is 3.81. The molecule has 0 atom stereocenters. The largest absolute Gasteiger partial charge is 0.456 e. The zero-order valence-corrected chi connectivity index (χ0v) is 19.5. The molecule has 0 saturated heterocycles. The van der Waals surface area contributed by atoms with Gasteiger partial charge in [0.2, 0.25) is 0 Å². The Bertz CT molecular complexity index is 1350. The number of nitrogens with zero attached hydrogens (tertiary/aromatic N) is 1. The molecule has 4 heteroatoms. The second-order valence-corrected chi connectivity index (χ2v) is 8.10. The van der Waals surface area contributed by atoms with Crippen LogP contribution in [0.5, 0.6) is 0 Å². The highest BCUT2D eigenvalue weighted by molar-refractivity contribution is 6.10. The third-order valence-corrected chi connectivity index (χ3v) is 5.90. The Kier molecular flexibility index (Phi) is 6.13. The summed E-state index contributed by atoms with van der Waals surface area (Å²) >= 11 is 0. The molecule has 1 heterocycles. The van der Waals surface area contributed by atoms with Gasteiger partial charge in [-0.1, -0.05) is 31.2 Å². The molecule has 0 unspecified atom stereocenters. The number of nitrogens with one attached hydrogen (secondary N) is 1. The van der Waals surface area contributed by atoms with Crippen molar-refractivity contribution in [2.45, 2.75) is 41.0 Å². The first-order chi connectivity index (χ1) is 15.5. The number of fused-ring (bicyclic) bond motifs is 2. The topological polar surface area (TPSA) is 54.6 Å². The summed E-state index contributed by atoms with van der Waals surface area (Å²) in [7, 11) is 0. The van der Waals surface area contributed by atoms with Crippen molar-refractivity contribution in [2.24, 2.45) is 4.99 Å². The van der Waals surface area contributed by atoms with Gasteiger partial charge < -0.3 is 9.73 Å². The van der Waals surface area contributed by atoms with Crippen molar-refractivity contribution in [3.05, 3.63) is 70.6 Å². The Morgan fingerprint density at radius 1 is 0.969 bits per heavy atom. The van der Waals surface area contributed by atoms with E-state index in [-0.39, 0.29) is 5.78 Å². The minimum Gasteiger partial charge on any atom is -0.456 e. The van der Waals surface area contributed by atoms with Crippen LogP contribution in [0.4, 0.5) is 5.69 Å². The maximum absolute atomic E-state index is 12.8. The minimum absolute atomic E-state index is 0.137. The van der Waals surface area contributed by atoms with E-state index in [4.69, 9.17) is 4.42 Å². The van der Waals surface area contributed by atoms with Gasteiger partial charge in [-0.25, -0.2) is 0 Å². The predicted octanol–water partition coefficient (Wildman–Crippen LogP) is 6.77. The van der Waals surface area contributed by atoms with Crippen LogP contribution in [-0.2, 0) is 0 Å². The summed E-state index contributed by atoms with van der Waals surface area (Å²) in [6, 6.07) is 16.3. The maximum atomic E-state index is 12.8. The number of carbonyl (C=O) groups excluding carboxylic acids is 1. The summed E-state index contributed by atoms with van der Waals surface area (Å²) in [5, 5.41) is 5.37. The first-order valence-electron chi connectivity index (χ1n) is 11.4. The molecule has 2 aromatic carbocycles. The number of aryl methyl sites for hydroxylation is 2. The number of carbonyl (C=O) groups is 1. The Morgan fingerprint density at radius 3 is 2.47 bits per heavy atom. The average molecular weight is 427 g/mol. The summed E-state index contributed by atoms with van der Waals surface area (Å²) in [4.78, 5) is 17.5. The SMILES string of the molecule is CCN=c1cc2oc3cc(NCC)c(C)cc3c(-c3ccccc3C(=O)CC)c-2cc1C. The number of Topliss-reactive ketones (excluding diaryl/α,β-unsaturated/α-hetero) is 1. The summed E-state index contributed by atoms with van der Waals surface area (Å²) in [6.07, 6.45) is 0.465. The lowest BCUT2D eigenvalue weighted by molar-refractivity contribution is 0.0989. The lowest BCUT2D eigenvalue weighted by Crippen LogP contribution is -2.09. The summed E-state index contributed by atoms with van der Waals surface area (Å²) < 4.78 is 6.43. The highest BCUT2D eigenvalue weighted by Crippen LogP contribution is 2.43. The molecule has 0 spiro atoms. The van der Waals surface area contributed by atoms with Crippen LogP contribution >= 0.6 is 0 Å². The third-order valence-electron chi connectivity index (χ3n) is 5.90. The lowest BCUT2D eigenvalue weighted by Gasteiger charge is -2.19. The molecule has 0 aromatic heterocycles.